The van der Waals surface area contributed by atoms with Crippen molar-refractivity contribution in [2.24, 2.45) is 0 Å². The van der Waals surface area contributed by atoms with Gasteiger partial charge in [-0.3, -0.25) is 4.79 Å². The Labute approximate surface area is 176 Å². The van der Waals surface area contributed by atoms with E-state index in [1.807, 2.05) is 0 Å². The summed E-state index contributed by atoms with van der Waals surface area (Å²) in [6.45, 7) is 1.71. The quantitative estimate of drug-likeness (QED) is 0.611. The molecule has 0 unspecified atom stereocenters. The first kappa shape index (κ1) is 20.9. The van der Waals surface area contributed by atoms with Crippen LogP contribution < -0.4 is 10.1 Å². The Morgan fingerprint density at radius 3 is 2.45 bits per heavy atom. The largest absolute Gasteiger partial charge is 0.497 e. The second-order valence-corrected chi connectivity index (χ2v) is 7.15. The molecule has 0 aliphatic carbocycles. The molecule has 0 amide bonds. The highest BCUT2D eigenvalue weighted by Gasteiger charge is 2.54. The third-order valence-electron chi connectivity index (χ3n) is 4.32. The van der Waals surface area contributed by atoms with E-state index in [1.54, 1.807) is 55.5 Å². The predicted octanol–water partition coefficient (Wildman–Crippen LogP) is 3.13. The van der Waals surface area contributed by atoms with E-state index in [-0.39, 0.29) is 12.4 Å². The van der Waals surface area contributed by atoms with Crippen LogP contribution in [0.4, 0.5) is 5.69 Å². The Morgan fingerprint density at radius 2 is 1.86 bits per heavy atom. The molecule has 1 aliphatic rings. The summed E-state index contributed by atoms with van der Waals surface area (Å²) in [5.74, 6) is -3.24. The molecule has 2 N–H and O–H groups in total. The summed E-state index contributed by atoms with van der Waals surface area (Å²) in [5.41, 5.74) is 1.07. The molecule has 1 aliphatic heterocycles. The summed E-state index contributed by atoms with van der Waals surface area (Å²) < 4.78 is 16.6. The zero-order valence-electron chi connectivity index (χ0n) is 15.8. The van der Waals surface area contributed by atoms with Gasteiger partial charge in [0.25, 0.3) is 0 Å². The van der Waals surface area contributed by atoms with Crippen LogP contribution in [-0.2, 0) is 19.1 Å². The number of hydrogen-bond acceptors (Lipinski definition) is 7. The van der Waals surface area contributed by atoms with Crippen molar-refractivity contribution in [3.63, 3.8) is 0 Å². The molecule has 0 radical (unpaired) electrons. The van der Waals surface area contributed by atoms with Gasteiger partial charge in [-0.2, -0.15) is 0 Å². The molecule has 1 heterocycles. The zero-order chi connectivity index (χ0) is 21.0. The van der Waals surface area contributed by atoms with Crippen LogP contribution >= 0.6 is 15.9 Å². The van der Waals surface area contributed by atoms with Crippen LogP contribution in [0.3, 0.4) is 0 Å². The van der Waals surface area contributed by atoms with Crippen LogP contribution in [0.5, 0.6) is 5.75 Å². The molecule has 2 atom stereocenters. The van der Waals surface area contributed by atoms with Gasteiger partial charge in [0, 0.05) is 21.8 Å². The molecule has 0 fully saturated rings. The summed E-state index contributed by atoms with van der Waals surface area (Å²) in [5, 5.41) is 13.9. The maximum Gasteiger partial charge on any atom is 0.336 e. The molecular weight excluding hydrogens is 442 g/mol. The van der Waals surface area contributed by atoms with E-state index in [0.29, 0.717) is 17.0 Å². The molecule has 0 aromatic heterocycles. The zero-order valence-corrected chi connectivity index (χ0v) is 17.4. The topological polar surface area (TPSA) is 94.1 Å². The average Bonchev–Trinajstić information content (AvgIpc) is 3.02. The van der Waals surface area contributed by atoms with E-state index < -0.39 is 23.6 Å². The van der Waals surface area contributed by atoms with Crippen molar-refractivity contribution in [3.05, 3.63) is 64.6 Å². The standard InChI is InChI=1S/C21H20BrNO6/c1-3-28-20(25)19(23-15-8-10-16(27-2)11-9-15)21(26)18(24)12-17(29-21)13-4-6-14(22)7-5-13/h4-12,19,23,26H,3H2,1-2H3/t19-,21+/m0/s1. The number of esters is 1. The minimum absolute atomic E-state index is 0.0803. The highest BCUT2D eigenvalue weighted by molar-refractivity contribution is 9.10. The first-order valence-electron chi connectivity index (χ1n) is 8.88. The molecule has 0 bridgehead atoms. The predicted molar refractivity (Wildman–Crippen MR) is 110 cm³/mol. The lowest BCUT2D eigenvalue weighted by Gasteiger charge is -2.30. The van der Waals surface area contributed by atoms with Crippen LogP contribution in [0.2, 0.25) is 0 Å². The number of aliphatic hydroxyl groups is 1. The Morgan fingerprint density at radius 1 is 1.21 bits per heavy atom. The normalized spacial score (nSPS) is 19.2. The molecule has 0 saturated heterocycles. The van der Waals surface area contributed by atoms with Gasteiger partial charge in [0.05, 0.1) is 13.7 Å². The lowest BCUT2D eigenvalue weighted by atomic mass is 10.0. The molecule has 2 aromatic carbocycles. The highest BCUT2D eigenvalue weighted by atomic mass is 79.9. The van der Waals surface area contributed by atoms with Gasteiger partial charge in [0.1, 0.15) is 11.5 Å². The number of methoxy groups -OCH3 is 1. The minimum atomic E-state index is -2.45. The number of nitrogens with one attached hydrogen (secondary N) is 1. The molecule has 0 saturated carbocycles. The summed E-state index contributed by atoms with van der Waals surface area (Å²) in [6.07, 6.45) is 1.17. The average molecular weight is 462 g/mol. The number of ketones is 1. The molecule has 3 rings (SSSR count). The lowest BCUT2D eigenvalue weighted by molar-refractivity contribution is -0.186. The molecule has 7 nitrogen and oxygen atoms in total. The second kappa shape index (κ2) is 8.67. The van der Waals surface area contributed by atoms with E-state index in [0.717, 1.165) is 4.47 Å². The third kappa shape index (κ3) is 4.44. The molecule has 8 heteroatoms. The molecule has 0 spiro atoms. The van der Waals surface area contributed by atoms with E-state index >= 15 is 0 Å². The second-order valence-electron chi connectivity index (χ2n) is 6.24. The summed E-state index contributed by atoms with van der Waals surface area (Å²) in [4.78, 5) is 25.2. The van der Waals surface area contributed by atoms with Crippen molar-refractivity contribution >= 4 is 39.1 Å². The number of ether oxygens (including phenoxy) is 3. The van der Waals surface area contributed by atoms with Gasteiger partial charge in [-0.25, -0.2) is 4.79 Å². The van der Waals surface area contributed by atoms with Gasteiger partial charge in [-0.05, 0) is 43.3 Å². The molecule has 152 valence electrons. The fourth-order valence-corrected chi connectivity index (χ4v) is 3.09. The van der Waals surface area contributed by atoms with Crippen molar-refractivity contribution in [2.45, 2.75) is 18.8 Å². The Bertz CT molecular complexity index is 925. The van der Waals surface area contributed by atoms with Crippen molar-refractivity contribution in [2.75, 3.05) is 19.0 Å². The molecule has 2 aromatic rings. The molecular formula is C21H20BrNO6. The number of carbonyl (C=O) groups is 2. The third-order valence-corrected chi connectivity index (χ3v) is 4.85. The van der Waals surface area contributed by atoms with Gasteiger partial charge < -0.3 is 24.6 Å². The Kier molecular flexibility index (Phi) is 6.24. The van der Waals surface area contributed by atoms with Crippen LogP contribution in [0.25, 0.3) is 5.76 Å². The Balaban J connectivity index is 1.88. The van der Waals surface area contributed by atoms with Gasteiger partial charge in [0.2, 0.25) is 5.78 Å². The maximum atomic E-state index is 12.7. The minimum Gasteiger partial charge on any atom is -0.497 e. The fourth-order valence-electron chi connectivity index (χ4n) is 2.82. The maximum absolute atomic E-state index is 12.7. The van der Waals surface area contributed by atoms with Crippen LogP contribution in [0.15, 0.2) is 59.1 Å². The SMILES string of the molecule is CCOC(=O)[C@H](Nc1ccc(OC)cc1)[C@]1(O)OC(c2ccc(Br)cc2)=CC1=O. The number of rotatable bonds is 7. The number of anilines is 1. The molecule has 29 heavy (non-hydrogen) atoms. The monoisotopic (exact) mass is 461 g/mol. The number of benzene rings is 2. The van der Waals surface area contributed by atoms with Gasteiger partial charge in [-0.15, -0.1) is 0 Å². The van der Waals surface area contributed by atoms with Crippen molar-refractivity contribution < 1.29 is 28.9 Å². The van der Waals surface area contributed by atoms with Crippen LogP contribution in [0, 0.1) is 0 Å². The van der Waals surface area contributed by atoms with Crippen molar-refractivity contribution in [1.29, 1.82) is 0 Å². The smallest absolute Gasteiger partial charge is 0.336 e. The lowest BCUT2D eigenvalue weighted by Crippen LogP contribution is -2.56. The van der Waals surface area contributed by atoms with Crippen LogP contribution in [-0.4, -0.2) is 42.4 Å². The van der Waals surface area contributed by atoms with Crippen molar-refractivity contribution in [1.82, 2.24) is 0 Å². The Hall–Kier alpha value is -2.84. The number of hydrogen-bond donors (Lipinski definition) is 2. The summed E-state index contributed by atoms with van der Waals surface area (Å²) in [7, 11) is 1.53. The van der Waals surface area contributed by atoms with Crippen molar-refractivity contribution in [3.8, 4) is 5.75 Å². The van der Waals surface area contributed by atoms with E-state index in [4.69, 9.17) is 14.2 Å². The summed E-state index contributed by atoms with van der Waals surface area (Å²) >= 11 is 3.34. The fraction of sp³-hybridized carbons (Fsp3) is 0.238. The number of carbonyl (C=O) groups excluding carboxylic acids is 2. The van der Waals surface area contributed by atoms with E-state index in [2.05, 4.69) is 21.2 Å². The highest BCUT2D eigenvalue weighted by Crippen LogP contribution is 2.34. The summed E-state index contributed by atoms with van der Waals surface area (Å²) in [6, 6.07) is 12.2. The van der Waals surface area contributed by atoms with Gasteiger partial charge >= 0.3 is 11.8 Å². The van der Waals surface area contributed by atoms with Crippen LogP contribution in [0.1, 0.15) is 12.5 Å². The first-order valence-corrected chi connectivity index (χ1v) is 9.67. The number of halogens is 1. The first-order chi connectivity index (χ1) is 13.9. The van der Waals surface area contributed by atoms with Gasteiger partial charge in [0.15, 0.2) is 6.04 Å². The van der Waals surface area contributed by atoms with E-state index in [1.165, 1.54) is 13.2 Å². The van der Waals surface area contributed by atoms with Gasteiger partial charge in [-0.1, -0.05) is 28.1 Å². The van der Waals surface area contributed by atoms with E-state index in [9.17, 15) is 14.7 Å².